The minimum absolute atomic E-state index is 0.0791. The summed E-state index contributed by atoms with van der Waals surface area (Å²) in [5, 5.41) is 2.84. The first-order valence-electron chi connectivity index (χ1n) is 9.57. The number of hydrogen-bond donors (Lipinski definition) is 1. The Morgan fingerprint density at radius 2 is 1.64 bits per heavy atom. The average Bonchev–Trinajstić information content (AvgIpc) is 2.74. The number of hydrogen-bond acceptors (Lipinski definition) is 5. The van der Waals surface area contributed by atoms with Crippen LogP contribution in [0.5, 0.6) is 5.75 Å². The number of methoxy groups -OCH3 is 1. The van der Waals surface area contributed by atoms with Gasteiger partial charge in [0.05, 0.1) is 13.5 Å². The average molecular weight is 382 g/mol. The Morgan fingerprint density at radius 3 is 2.29 bits per heavy atom. The maximum atomic E-state index is 12.1. The van der Waals surface area contributed by atoms with Gasteiger partial charge in [0.15, 0.2) is 6.61 Å². The van der Waals surface area contributed by atoms with Gasteiger partial charge in [-0.15, -0.1) is 0 Å². The van der Waals surface area contributed by atoms with Crippen molar-refractivity contribution in [3.05, 3.63) is 54.1 Å². The van der Waals surface area contributed by atoms with Crippen LogP contribution in [-0.4, -0.2) is 38.7 Å². The largest absolute Gasteiger partial charge is 0.484 e. The zero-order valence-electron chi connectivity index (χ0n) is 16.1. The third-order valence-corrected chi connectivity index (χ3v) is 4.74. The summed E-state index contributed by atoms with van der Waals surface area (Å²) in [7, 11) is 1.36. The molecule has 1 aliphatic rings. The van der Waals surface area contributed by atoms with E-state index in [1.807, 2.05) is 24.3 Å². The summed E-state index contributed by atoms with van der Waals surface area (Å²) in [6.45, 7) is 2.11. The second kappa shape index (κ2) is 9.78. The van der Waals surface area contributed by atoms with Gasteiger partial charge in [-0.3, -0.25) is 9.59 Å². The monoisotopic (exact) mass is 382 g/mol. The summed E-state index contributed by atoms with van der Waals surface area (Å²) in [5.74, 6) is 0.0629. The standard InChI is InChI=1S/C22H26N2O4/c1-27-22(26)15-17-5-11-20(12-6-17)28-16-21(25)23-18-7-9-19(10-8-18)24-13-3-2-4-14-24/h5-12H,2-4,13-16H2,1H3,(H,23,25). The molecule has 0 radical (unpaired) electrons. The number of nitrogens with zero attached hydrogens (tertiary/aromatic N) is 1. The first kappa shape index (κ1) is 19.7. The third kappa shape index (κ3) is 5.74. The number of rotatable bonds is 7. The van der Waals surface area contributed by atoms with Gasteiger partial charge in [0.25, 0.3) is 5.91 Å². The fourth-order valence-corrected chi connectivity index (χ4v) is 3.20. The lowest BCUT2D eigenvalue weighted by Gasteiger charge is -2.28. The molecule has 0 aliphatic carbocycles. The van der Waals surface area contributed by atoms with Crippen LogP contribution >= 0.6 is 0 Å². The topological polar surface area (TPSA) is 67.9 Å². The Morgan fingerprint density at radius 1 is 0.964 bits per heavy atom. The van der Waals surface area contributed by atoms with Crippen LogP contribution in [0.15, 0.2) is 48.5 Å². The fraction of sp³-hybridized carbons (Fsp3) is 0.364. The zero-order chi connectivity index (χ0) is 19.8. The summed E-state index contributed by atoms with van der Waals surface area (Å²) >= 11 is 0. The van der Waals surface area contributed by atoms with E-state index in [4.69, 9.17) is 4.74 Å². The van der Waals surface area contributed by atoms with E-state index in [0.717, 1.165) is 24.3 Å². The first-order chi connectivity index (χ1) is 13.6. The lowest BCUT2D eigenvalue weighted by molar-refractivity contribution is -0.139. The van der Waals surface area contributed by atoms with Crippen LogP contribution in [0, 0.1) is 0 Å². The van der Waals surface area contributed by atoms with Crippen LogP contribution in [0.1, 0.15) is 24.8 Å². The summed E-state index contributed by atoms with van der Waals surface area (Å²) in [6, 6.07) is 15.0. The molecule has 1 fully saturated rings. The molecule has 0 atom stereocenters. The number of benzene rings is 2. The Bertz CT molecular complexity index is 781. The molecular formula is C22H26N2O4. The van der Waals surface area contributed by atoms with E-state index < -0.39 is 0 Å². The predicted molar refractivity (Wildman–Crippen MR) is 109 cm³/mol. The van der Waals surface area contributed by atoms with E-state index in [1.165, 1.54) is 32.1 Å². The highest BCUT2D eigenvalue weighted by atomic mass is 16.5. The minimum atomic E-state index is -0.292. The maximum Gasteiger partial charge on any atom is 0.309 e. The molecule has 6 heteroatoms. The van der Waals surface area contributed by atoms with Crippen LogP contribution in [0.25, 0.3) is 0 Å². The van der Waals surface area contributed by atoms with Crippen molar-refractivity contribution in [2.24, 2.45) is 0 Å². The van der Waals surface area contributed by atoms with Gasteiger partial charge >= 0.3 is 5.97 Å². The summed E-state index contributed by atoms with van der Waals surface area (Å²) in [6.07, 6.45) is 3.99. The molecule has 1 amide bonds. The molecule has 1 saturated heterocycles. The molecular weight excluding hydrogens is 356 g/mol. The molecule has 3 rings (SSSR count). The molecule has 2 aromatic rings. The van der Waals surface area contributed by atoms with Crippen molar-refractivity contribution in [3.8, 4) is 5.75 Å². The Labute approximate surface area is 165 Å². The molecule has 1 aliphatic heterocycles. The zero-order valence-corrected chi connectivity index (χ0v) is 16.1. The molecule has 148 valence electrons. The van der Waals surface area contributed by atoms with Crippen molar-refractivity contribution in [1.82, 2.24) is 0 Å². The number of piperidine rings is 1. The van der Waals surface area contributed by atoms with Crippen molar-refractivity contribution < 1.29 is 19.1 Å². The first-order valence-corrected chi connectivity index (χ1v) is 9.57. The van der Waals surface area contributed by atoms with Gasteiger partial charge < -0.3 is 19.7 Å². The van der Waals surface area contributed by atoms with Crippen LogP contribution < -0.4 is 15.0 Å². The Hall–Kier alpha value is -3.02. The van der Waals surface area contributed by atoms with E-state index in [9.17, 15) is 9.59 Å². The van der Waals surface area contributed by atoms with Crippen LogP contribution in [-0.2, 0) is 20.7 Å². The number of carbonyl (C=O) groups excluding carboxylic acids is 2. The molecule has 0 spiro atoms. The lowest BCUT2D eigenvalue weighted by atomic mass is 10.1. The van der Waals surface area contributed by atoms with Gasteiger partial charge in [0, 0.05) is 24.5 Å². The molecule has 1 heterocycles. The summed E-state index contributed by atoms with van der Waals surface area (Å²) in [5.41, 5.74) is 2.78. The Balaban J connectivity index is 1.45. The number of nitrogens with one attached hydrogen (secondary N) is 1. The molecule has 1 N–H and O–H groups in total. The third-order valence-electron chi connectivity index (χ3n) is 4.74. The highest BCUT2D eigenvalue weighted by molar-refractivity contribution is 5.92. The van der Waals surface area contributed by atoms with Crippen molar-refractivity contribution in [2.45, 2.75) is 25.7 Å². The molecule has 28 heavy (non-hydrogen) atoms. The number of esters is 1. The lowest BCUT2D eigenvalue weighted by Crippen LogP contribution is -2.29. The number of amides is 1. The second-order valence-electron chi connectivity index (χ2n) is 6.83. The summed E-state index contributed by atoms with van der Waals surface area (Å²) in [4.78, 5) is 25.7. The van der Waals surface area contributed by atoms with E-state index >= 15 is 0 Å². The molecule has 0 saturated carbocycles. The molecule has 2 aromatic carbocycles. The van der Waals surface area contributed by atoms with Gasteiger partial charge in [-0.2, -0.15) is 0 Å². The van der Waals surface area contributed by atoms with E-state index in [-0.39, 0.29) is 24.9 Å². The smallest absolute Gasteiger partial charge is 0.309 e. The quantitative estimate of drug-likeness (QED) is 0.744. The van der Waals surface area contributed by atoms with Crippen molar-refractivity contribution in [1.29, 1.82) is 0 Å². The van der Waals surface area contributed by atoms with Gasteiger partial charge in [-0.05, 0) is 61.2 Å². The second-order valence-corrected chi connectivity index (χ2v) is 6.83. The van der Waals surface area contributed by atoms with Crippen molar-refractivity contribution in [3.63, 3.8) is 0 Å². The fourth-order valence-electron chi connectivity index (χ4n) is 3.20. The molecule has 0 bridgehead atoms. The number of anilines is 2. The highest BCUT2D eigenvalue weighted by Crippen LogP contribution is 2.22. The number of carbonyl (C=O) groups is 2. The number of ether oxygens (including phenoxy) is 2. The molecule has 0 unspecified atom stereocenters. The van der Waals surface area contributed by atoms with Crippen LogP contribution in [0.3, 0.4) is 0 Å². The maximum absolute atomic E-state index is 12.1. The van der Waals surface area contributed by atoms with E-state index in [2.05, 4.69) is 15.0 Å². The van der Waals surface area contributed by atoms with E-state index in [1.54, 1.807) is 24.3 Å². The Kier molecular flexibility index (Phi) is 6.89. The SMILES string of the molecule is COC(=O)Cc1ccc(OCC(=O)Nc2ccc(N3CCCCC3)cc2)cc1. The predicted octanol–water partition coefficient (Wildman–Crippen LogP) is 3.41. The normalized spacial score (nSPS) is 13.7. The van der Waals surface area contributed by atoms with Gasteiger partial charge in [-0.1, -0.05) is 12.1 Å². The van der Waals surface area contributed by atoms with Crippen molar-refractivity contribution in [2.75, 3.05) is 37.0 Å². The summed E-state index contributed by atoms with van der Waals surface area (Å²) < 4.78 is 10.1. The van der Waals surface area contributed by atoms with Gasteiger partial charge in [0.2, 0.25) is 0 Å². The van der Waals surface area contributed by atoms with Crippen LogP contribution in [0.2, 0.25) is 0 Å². The van der Waals surface area contributed by atoms with Gasteiger partial charge in [0.1, 0.15) is 5.75 Å². The molecule has 0 aromatic heterocycles. The van der Waals surface area contributed by atoms with Crippen LogP contribution in [0.4, 0.5) is 11.4 Å². The van der Waals surface area contributed by atoms with E-state index in [0.29, 0.717) is 5.75 Å². The van der Waals surface area contributed by atoms with Gasteiger partial charge in [-0.25, -0.2) is 0 Å². The highest BCUT2D eigenvalue weighted by Gasteiger charge is 2.11. The minimum Gasteiger partial charge on any atom is -0.484 e. The van der Waals surface area contributed by atoms with Crippen molar-refractivity contribution >= 4 is 23.3 Å². The molecule has 6 nitrogen and oxygen atoms in total.